The zero-order valence-corrected chi connectivity index (χ0v) is 8.51. The predicted octanol–water partition coefficient (Wildman–Crippen LogP) is -0.987. The number of rotatable bonds is 2. The van der Waals surface area contributed by atoms with Gasteiger partial charge in [0.25, 0.3) is 11.8 Å². The SMILES string of the molecule is Cl.O=C1COCC(=O)N1CC1CNC1. The van der Waals surface area contributed by atoms with E-state index in [1.165, 1.54) is 4.90 Å². The van der Waals surface area contributed by atoms with Crippen LogP contribution in [0.15, 0.2) is 0 Å². The summed E-state index contributed by atoms with van der Waals surface area (Å²) in [6.45, 7) is 2.45. The minimum atomic E-state index is -0.205. The highest BCUT2D eigenvalue weighted by Gasteiger charge is 2.30. The third-order valence-electron chi connectivity index (χ3n) is 2.36. The summed E-state index contributed by atoms with van der Waals surface area (Å²) in [5.41, 5.74) is 0. The highest BCUT2D eigenvalue weighted by atomic mass is 35.5. The molecule has 0 aromatic rings. The number of hydrogen-bond donors (Lipinski definition) is 1. The van der Waals surface area contributed by atoms with Crippen LogP contribution in [0.3, 0.4) is 0 Å². The van der Waals surface area contributed by atoms with Crippen LogP contribution in [0.25, 0.3) is 0 Å². The first-order valence-electron chi connectivity index (χ1n) is 4.39. The standard InChI is InChI=1S/C8H12N2O3.ClH/c11-7-4-13-5-8(12)10(7)3-6-1-9-2-6;/h6,9H,1-5H2;1H. The molecule has 2 fully saturated rings. The first kappa shape index (κ1) is 11.4. The number of halogens is 1. The van der Waals surface area contributed by atoms with Crippen molar-refractivity contribution in [3.8, 4) is 0 Å². The summed E-state index contributed by atoms with van der Waals surface area (Å²) in [6.07, 6.45) is 0. The van der Waals surface area contributed by atoms with Crippen LogP contribution < -0.4 is 5.32 Å². The molecule has 0 radical (unpaired) electrons. The average Bonchev–Trinajstić information content (AvgIpc) is 2.00. The van der Waals surface area contributed by atoms with E-state index in [1.54, 1.807) is 0 Å². The van der Waals surface area contributed by atoms with Gasteiger partial charge >= 0.3 is 0 Å². The van der Waals surface area contributed by atoms with Crippen LogP contribution in [-0.4, -0.2) is 49.6 Å². The van der Waals surface area contributed by atoms with Crippen molar-refractivity contribution < 1.29 is 14.3 Å². The van der Waals surface area contributed by atoms with E-state index in [1.807, 2.05) is 0 Å². The molecule has 2 rings (SSSR count). The zero-order chi connectivity index (χ0) is 9.26. The molecular weight excluding hydrogens is 208 g/mol. The first-order valence-corrected chi connectivity index (χ1v) is 4.39. The van der Waals surface area contributed by atoms with Crippen molar-refractivity contribution in [2.45, 2.75) is 0 Å². The van der Waals surface area contributed by atoms with Gasteiger partial charge in [-0.2, -0.15) is 0 Å². The molecule has 2 heterocycles. The van der Waals surface area contributed by atoms with Gasteiger partial charge in [-0.25, -0.2) is 0 Å². The predicted molar refractivity (Wildman–Crippen MR) is 51.1 cm³/mol. The van der Waals surface area contributed by atoms with Crippen molar-refractivity contribution in [2.24, 2.45) is 5.92 Å². The molecule has 80 valence electrons. The Hall–Kier alpha value is -0.650. The van der Waals surface area contributed by atoms with Crippen LogP contribution >= 0.6 is 12.4 Å². The second kappa shape index (κ2) is 4.72. The molecule has 14 heavy (non-hydrogen) atoms. The van der Waals surface area contributed by atoms with E-state index in [2.05, 4.69) is 5.32 Å². The number of amides is 2. The maximum atomic E-state index is 11.2. The summed E-state index contributed by atoms with van der Waals surface area (Å²) in [6, 6.07) is 0. The number of morpholine rings is 1. The van der Waals surface area contributed by atoms with E-state index in [0.29, 0.717) is 12.5 Å². The van der Waals surface area contributed by atoms with Gasteiger partial charge in [-0.05, 0) is 0 Å². The topological polar surface area (TPSA) is 58.6 Å². The van der Waals surface area contributed by atoms with E-state index in [-0.39, 0.29) is 37.4 Å². The molecule has 0 aromatic heterocycles. The molecule has 0 spiro atoms. The zero-order valence-electron chi connectivity index (χ0n) is 7.69. The van der Waals surface area contributed by atoms with Crippen molar-refractivity contribution >= 4 is 24.2 Å². The van der Waals surface area contributed by atoms with Crippen LogP contribution in [0.5, 0.6) is 0 Å². The molecule has 5 nitrogen and oxygen atoms in total. The number of carbonyl (C=O) groups excluding carboxylic acids is 2. The summed E-state index contributed by atoms with van der Waals surface area (Å²) in [5.74, 6) is 0.0253. The van der Waals surface area contributed by atoms with Crippen LogP contribution in [0.2, 0.25) is 0 Å². The molecule has 0 saturated carbocycles. The van der Waals surface area contributed by atoms with Gasteiger partial charge in [0.15, 0.2) is 0 Å². The molecule has 0 aromatic carbocycles. The number of nitrogens with zero attached hydrogens (tertiary/aromatic N) is 1. The van der Waals surface area contributed by atoms with Gasteiger partial charge in [0.05, 0.1) is 0 Å². The number of hydrogen-bond acceptors (Lipinski definition) is 4. The molecule has 2 saturated heterocycles. The van der Waals surface area contributed by atoms with E-state index < -0.39 is 0 Å². The summed E-state index contributed by atoms with van der Waals surface area (Å²) < 4.78 is 4.80. The Kier molecular flexibility index (Phi) is 3.86. The van der Waals surface area contributed by atoms with Crippen LogP contribution in [0.4, 0.5) is 0 Å². The van der Waals surface area contributed by atoms with Crippen LogP contribution in [-0.2, 0) is 14.3 Å². The number of nitrogens with one attached hydrogen (secondary N) is 1. The Morgan fingerprint density at radius 3 is 2.29 bits per heavy atom. The fraction of sp³-hybridized carbons (Fsp3) is 0.750. The molecule has 0 atom stereocenters. The summed E-state index contributed by atoms with van der Waals surface area (Å²) in [7, 11) is 0. The Morgan fingerprint density at radius 2 is 1.86 bits per heavy atom. The second-order valence-corrected chi connectivity index (χ2v) is 3.42. The number of carbonyl (C=O) groups is 2. The Bertz CT molecular complexity index is 227. The Labute approximate surface area is 88.2 Å². The van der Waals surface area contributed by atoms with Crippen LogP contribution in [0.1, 0.15) is 0 Å². The van der Waals surface area contributed by atoms with Crippen LogP contribution in [0, 0.1) is 5.92 Å². The minimum absolute atomic E-state index is 0. The summed E-state index contributed by atoms with van der Waals surface area (Å²) >= 11 is 0. The molecule has 0 bridgehead atoms. The molecule has 6 heteroatoms. The van der Waals surface area contributed by atoms with E-state index in [0.717, 1.165) is 13.1 Å². The highest BCUT2D eigenvalue weighted by molar-refractivity contribution is 5.98. The normalized spacial score (nSPS) is 23.0. The third kappa shape index (κ3) is 2.23. The maximum absolute atomic E-state index is 11.2. The Balaban J connectivity index is 0.000000980. The first-order chi connectivity index (χ1) is 6.27. The van der Waals surface area contributed by atoms with Gasteiger partial charge in [-0.3, -0.25) is 14.5 Å². The van der Waals surface area contributed by atoms with Gasteiger partial charge in [-0.1, -0.05) is 0 Å². The van der Waals surface area contributed by atoms with Crippen molar-refractivity contribution in [2.75, 3.05) is 32.8 Å². The lowest BCUT2D eigenvalue weighted by molar-refractivity contribution is -0.159. The molecule has 1 N–H and O–H groups in total. The van der Waals surface area contributed by atoms with Gasteiger partial charge in [-0.15, -0.1) is 12.4 Å². The van der Waals surface area contributed by atoms with Gasteiger partial charge in [0, 0.05) is 25.6 Å². The van der Waals surface area contributed by atoms with E-state index in [9.17, 15) is 9.59 Å². The summed E-state index contributed by atoms with van der Waals surface area (Å²) in [5, 5.41) is 3.10. The van der Waals surface area contributed by atoms with E-state index >= 15 is 0 Å². The molecule has 2 aliphatic rings. The summed E-state index contributed by atoms with van der Waals surface area (Å²) in [4.78, 5) is 23.8. The average molecular weight is 221 g/mol. The lowest BCUT2D eigenvalue weighted by Gasteiger charge is -2.33. The second-order valence-electron chi connectivity index (χ2n) is 3.42. The van der Waals surface area contributed by atoms with Gasteiger partial charge < -0.3 is 10.1 Å². The highest BCUT2D eigenvalue weighted by Crippen LogP contribution is 2.09. The fourth-order valence-electron chi connectivity index (χ4n) is 1.46. The maximum Gasteiger partial charge on any atom is 0.255 e. The lowest BCUT2D eigenvalue weighted by Crippen LogP contribution is -2.54. The fourth-order valence-corrected chi connectivity index (χ4v) is 1.46. The van der Waals surface area contributed by atoms with Gasteiger partial charge in [0.2, 0.25) is 0 Å². The molecule has 0 aliphatic carbocycles. The largest absolute Gasteiger partial charge is 0.362 e. The molecule has 2 amide bonds. The van der Waals surface area contributed by atoms with Crippen molar-refractivity contribution in [1.29, 1.82) is 0 Å². The third-order valence-corrected chi connectivity index (χ3v) is 2.36. The Morgan fingerprint density at radius 1 is 1.29 bits per heavy atom. The van der Waals surface area contributed by atoms with Gasteiger partial charge in [0.1, 0.15) is 13.2 Å². The van der Waals surface area contributed by atoms with E-state index in [4.69, 9.17) is 4.74 Å². The monoisotopic (exact) mass is 220 g/mol. The van der Waals surface area contributed by atoms with Crippen molar-refractivity contribution in [1.82, 2.24) is 10.2 Å². The molecule has 0 unspecified atom stereocenters. The smallest absolute Gasteiger partial charge is 0.255 e. The minimum Gasteiger partial charge on any atom is -0.362 e. The van der Waals surface area contributed by atoms with Crippen molar-refractivity contribution in [3.63, 3.8) is 0 Å². The number of imide groups is 1. The van der Waals surface area contributed by atoms with Crippen molar-refractivity contribution in [3.05, 3.63) is 0 Å². The number of ether oxygens (including phenoxy) is 1. The lowest BCUT2D eigenvalue weighted by atomic mass is 10.0. The molecule has 2 aliphatic heterocycles. The quantitative estimate of drug-likeness (QED) is 0.608. The molecular formula is C8H13ClN2O3.